The lowest BCUT2D eigenvalue weighted by molar-refractivity contribution is -0.422. The topological polar surface area (TPSA) is 49.6 Å². The highest BCUT2D eigenvalue weighted by atomic mass is 16.6. The Hall–Kier alpha value is -1.52. The maximum absolute atomic E-state index is 11.1. The normalized spacial score (nSPS) is 21.9. The van der Waals surface area contributed by atoms with Crippen LogP contribution < -0.4 is 0 Å². The van der Waals surface area contributed by atoms with Crippen molar-refractivity contribution < 1.29 is 4.92 Å². The van der Waals surface area contributed by atoms with Crippen LogP contribution in [0, 0.1) is 16.0 Å². The first-order chi connectivity index (χ1) is 8.47. The molecule has 1 heterocycles. The van der Waals surface area contributed by atoms with E-state index in [1.165, 1.54) is 12.5 Å². The molecule has 1 fully saturated rings. The SMILES string of the molecule is C=C/C(=C(\N(C)C)N1CCCC(C)CC1)[N+](=O)[O-]. The lowest BCUT2D eigenvalue weighted by atomic mass is 10.0. The van der Waals surface area contributed by atoms with Gasteiger partial charge in [-0.1, -0.05) is 13.5 Å². The van der Waals surface area contributed by atoms with Crippen LogP contribution in [-0.2, 0) is 0 Å². The van der Waals surface area contributed by atoms with Crippen LogP contribution in [0.15, 0.2) is 24.2 Å². The third-order valence-corrected chi connectivity index (χ3v) is 3.36. The van der Waals surface area contributed by atoms with Gasteiger partial charge in [-0.15, -0.1) is 0 Å². The number of likely N-dealkylation sites (tertiary alicyclic amines) is 1. The minimum absolute atomic E-state index is 0.0922. The van der Waals surface area contributed by atoms with E-state index < -0.39 is 0 Å². The summed E-state index contributed by atoms with van der Waals surface area (Å²) in [4.78, 5) is 14.7. The van der Waals surface area contributed by atoms with E-state index in [0.29, 0.717) is 11.7 Å². The third-order valence-electron chi connectivity index (χ3n) is 3.36. The van der Waals surface area contributed by atoms with Crippen molar-refractivity contribution in [2.45, 2.75) is 26.2 Å². The Morgan fingerprint density at radius 1 is 1.44 bits per heavy atom. The van der Waals surface area contributed by atoms with Gasteiger partial charge in [0.1, 0.15) is 0 Å². The van der Waals surface area contributed by atoms with Crippen molar-refractivity contribution in [1.29, 1.82) is 0 Å². The second kappa shape index (κ2) is 6.42. The van der Waals surface area contributed by atoms with Crippen LogP contribution in [0.5, 0.6) is 0 Å². The largest absolute Gasteiger partial charge is 0.359 e. The Labute approximate surface area is 109 Å². The quantitative estimate of drug-likeness (QED) is 0.438. The molecule has 5 nitrogen and oxygen atoms in total. The molecule has 0 bridgehead atoms. The molecule has 1 aliphatic heterocycles. The van der Waals surface area contributed by atoms with Gasteiger partial charge >= 0.3 is 5.70 Å². The zero-order valence-corrected chi connectivity index (χ0v) is 11.6. The van der Waals surface area contributed by atoms with Crippen LogP contribution in [0.3, 0.4) is 0 Å². The van der Waals surface area contributed by atoms with Crippen molar-refractivity contribution in [2.75, 3.05) is 27.2 Å². The zero-order valence-electron chi connectivity index (χ0n) is 11.6. The number of hydrogen-bond acceptors (Lipinski definition) is 4. The lowest BCUT2D eigenvalue weighted by Crippen LogP contribution is -2.34. The van der Waals surface area contributed by atoms with E-state index in [1.807, 2.05) is 19.0 Å². The van der Waals surface area contributed by atoms with Gasteiger partial charge in [0.25, 0.3) is 0 Å². The van der Waals surface area contributed by atoms with E-state index in [9.17, 15) is 10.1 Å². The summed E-state index contributed by atoms with van der Waals surface area (Å²) in [5.74, 6) is 1.37. The van der Waals surface area contributed by atoms with Gasteiger partial charge in [0.05, 0.1) is 4.92 Å². The van der Waals surface area contributed by atoms with Crippen LogP contribution in [0.1, 0.15) is 26.2 Å². The molecule has 5 heteroatoms. The molecule has 0 aromatic heterocycles. The van der Waals surface area contributed by atoms with Crippen molar-refractivity contribution in [3.05, 3.63) is 34.3 Å². The first kappa shape index (κ1) is 14.5. The highest BCUT2D eigenvalue weighted by Gasteiger charge is 2.25. The van der Waals surface area contributed by atoms with E-state index in [2.05, 4.69) is 18.4 Å². The fourth-order valence-electron chi connectivity index (χ4n) is 2.40. The molecular weight excluding hydrogens is 230 g/mol. The van der Waals surface area contributed by atoms with E-state index >= 15 is 0 Å². The summed E-state index contributed by atoms with van der Waals surface area (Å²) in [5, 5.41) is 11.1. The number of nitrogens with zero attached hydrogens (tertiary/aromatic N) is 3. The molecule has 18 heavy (non-hydrogen) atoms. The molecule has 0 N–H and O–H groups in total. The van der Waals surface area contributed by atoms with Crippen molar-refractivity contribution in [3.8, 4) is 0 Å². The van der Waals surface area contributed by atoms with Gasteiger partial charge in [-0.3, -0.25) is 10.1 Å². The fraction of sp³-hybridized carbons (Fsp3) is 0.692. The molecule has 1 unspecified atom stereocenters. The van der Waals surface area contributed by atoms with Gasteiger partial charge in [-0.25, -0.2) is 0 Å². The van der Waals surface area contributed by atoms with E-state index in [-0.39, 0.29) is 10.6 Å². The summed E-state index contributed by atoms with van der Waals surface area (Å²) in [5.41, 5.74) is 0.0922. The molecule has 0 aromatic rings. The highest BCUT2D eigenvalue weighted by molar-refractivity contribution is 5.15. The van der Waals surface area contributed by atoms with Crippen molar-refractivity contribution >= 4 is 0 Å². The Balaban J connectivity index is 3.04. The smallest absolute Gasteiger partial charge is 0.308 e. The molecule has 0 aliphatic carbocycles. The minimum atomic E-state index is -0.351. The van der Waals surface area contributed by atoms with Gasteiger partial charge in [0.2, 0.25) is 0 Å². The average Bonchev–Trinajstić information content (AvgIpc) is 2.49. The van der Waals surface area contributed by atoms with Gasteiger partial charge in [-0.2, -0.15) is 0 Å². The minimum Gasteiger partial charge on any atom is -0.359 e. The predicted molar refractivity (Wildman–Crippen MR) is 72.5 cm³/mol. The monoisotopic (exact) mass is 253 g/mol. The average molecular weight is 253 g/mol. The van der Waals surface area contributed by atoms with E-state index in [1.54, 1.807) is 0 Å². The fourth-order valence-corrected chi connectivity index (χ4v) is 2.40. The van der Waals surface area contributed by atoms with Crippen LogP contribution in [0.25, 0.3) is 0 Å². The van der Waals surface area contributed by atoms with Crippen LogP contribution in [-0.4, -0.2) is 41.9 Å². The molecule has 1 saturated heterocycles. The van der Waals surface area contributed by atoms with Crippen LogP contribution in [0.4, 0.5) is 0 Å². The van der Waals surface area contributed by atoms with Crippen molar-refractivity contribution in [3.63, 3.8) is 0 Å². The maximum Gasteiger partial charge on any atom is 0.308 e. The molecule has 1 aliphatic rings. The molecule has 0 spiro atoms. The third kappa shape index (κ3) is 3.48. The summed E-state index contributed by atoms with van der Waals surface area (Å²) in [6.07, 6.45) is 4.70. The molecule has 1 atom stereocenters. The number of allylic oxidation sites excluding steroid dienone is 1. The molecular formula is C13H23N3O2. The van der Waals surface area contributed by atoms with Gasteiger partial charge in [0.15, 0.2) is 5.82 Å². The molecule has 0 saturated carbocycles. The van der Waals surface area contributed by atoms with E-state index in [4.69, 9.17) is 0 Å². The summed E-state index contributed by atoms with van der Waals surface area (Å²) in [6.45, 7) is 7.56. The Morgan fingerprint density at radius 3 is 2.61 bits per heavy atom. The number of rotatable bonds is 4. The second-order valence-corrected chi connectivity index (χ2v) is 5.09. The Kier molecular flexibility index (Phi) is 5.19. The summed E-state index contributed by atoms with van der Waals surface area (Å²) in [6, 6.07) is 0. The van der Waals surface area contributed by atoms with E-state index in [0.717, 1.165) is 25.9 Å². The Morgan fingerprint density at radius 2 is 2.11 bits per heavy atom. The number of hydrogen-bond donors (Lipinski definition) is 0. The van der Waals surface area contributed by atoms with Gasteiger partial charge < -0.3 is 9.80 Å². The Bertz CT molecular complexity index is 350. The molecule has 0 aromatic carbocycles. The first-order valence-electron chi connectivity index (χ1n) is 6.40. The van der Waals surface area contributed by atoms with Crippen LogP contribution in [0.2, 0.25) is 0 Å². The van der Waals surface area contributed by atoms with Gasteiger partial charge in [-0.05, 0) is 25.2 Å². The van der Waals surface area contributed by atoms with Crippen LogP contribution >= 0.6 is 0 Å². The summed E-state index contributed by atoms with van der Waals surface area (Å²) >= 11 is 0. The zero-order chi connectivity index (χ0) is 13.7. The standard InChI is InChI=1S/C13H23N3O2/c1-5-12(16(17)18)13(14(3)4)15-9-6-7-11(2)8-10-15/h5,11H,1,6-10H2,2-4H3/b13-12-. The predicted octanol–water partition coefficient (Wildman–Crippen LogP) is 2.30. The summed E-state index contributed by atoms with van der Waals surface area (Å²) < 4.78 is 0. The summed E-state index contributed by atoms with van der Waals surface area (Å²) in [7, 11) is 3.69. The number of nitro groups is 1. The lowest BCUT2D eigenvalue weighted by Gasteiger charge is -2.29. The van der Waals surface area contributed by atoms with Crippen molar-refractivity contribution in [2.24, 2.45) is 5.92 Å². The molecule has 1 rings (SSSR count). The molecule has 0 amide bonds. The highest BCUT2D eigenvalue weighted by Crippen LogP contribution is 2.22. The second-order valence-electron chi connectivity index (χ2n) is 5.09. The van der Waals surface area contributed by atoms with Crippen molar-refractivity contribution in [1.82, 2.24) is 9.80 Å². The first-order valence-corrected chi connectivity index (χ1v) is 6.40. The molecule has 0 radical (unpaired) electrons. The molecule has 102 valence electrons. The maximum atomic E-state index is 11.1. The van der Waals surface area contributed by atoms with Gasteiger partial charge in [0, 0.05) is 33.3 Å².